The molecule has 0 bridgehead atoms. The van der Waals surface area contributed by atoms with Crippen LogP contribution in [0.1, 0.15) is 17.7 Å². The Kier molecular flexibility index (Phi) is 4.52. The van der Waals surface area contributed by atoms with Crippen molar-refractivity contribution < 1.29 is 14.0 Å². The van der Waals surface area contributed by atoms with Crippen molar-refractivity contribution in [2.24, 2.45) is 5.92 Å². The average Bonchev–Trinajstić information content (AvgIpc) is 3.13. The van der Waals surface area contributed by atoms with E-state index in [0.717, 1.165) is 21.5 Å². The first-order valence-electron chi connectivity index (χ1n) is 7.40. The fourth-order valence-electron chi connectivity index (χ4n) is 2.65. The Morgan fingerprint density at radius 1 is 1.43 bits per heavy atom. The third-order valence-electron chi connectivity index (χ3n) is 3.89. The van der Waals surface area contributed by atoms with Crippen molar-refractivity contribution in [3.8, 4) is 0 Å². The first-order valence-corrected chi connectivity index (χ1v) is 8.19. The molecule has 1 aromatic heterocycles. The van der Waals surface area contributed by atoms with Crippen molar-refractivity contribution in [2.45, 2.75) is 19.9 Å². The average molecular weight is 377 g/mol. The van der Waals surface area contributed by atoms with Crippen LogP contribution in [0.5, 0.6) is 0 Å². The maximum Gasteiger partial charge on any atom is 0.229 e. The number of benzene rings is 1. The lowest BCUT2D eigenvalue weighted by atomic mass is 10.1. The molecule has 3 rings (SSSR count). The van der Waals surface area contributed by atoms with Gasteiger partial charge in [0, 0.05) is 17.4 Å². The zero-order chi connectivity index (χ0) is 16.4. The molecule has 2 aromatic rings. The molecule has 0 spiro atoms. The Morgan fingerprint density at radius 3 is 2.96 bits per heavy atom. The summed E-state index contributed by atoms with van der Waals surface area (Å²) in [4.78, 5) is 26.1. The van der Waals surface area contributed by atoms with Crippen LogP contribution < -0.4 is 5.32 Å². The van der Waals surface area contributed by atoms with Crippen molar-refractivity contribution in [1.29, 1.82) is 0 Å². The molecule has 6 heteroatoms. The van der Waals surface area contributed by atoms with Gasteiger partial charge in [-0.2, -0.15) is 0 Å². The van der Waals surface area contributed by atoms with Gasteiger partial charge in [-0.3, -0.25) is 9.59 Å². The van der Waals surface area contributed by atoms with Crippen LogP contribution in [0, 0.1) is 12.8 Å². The minimum Gasteiger partial charge on any atom is -0.467 e. The smallest absolute Gasteiger partial charge is 0.229 e. The standard InChI is InChI=1S/C17H17BrN2O3/c1-11-4-5-15(14(18)7-11)19-17(22)12-8-16(21)20(9-12)10-13-3-2-6-23-13/h2-7,12H,8-10H2,1H3,(H,19,22). The number of furan rings is 1. The zero-order valence-corrected chi connectivity index (χ0v) is 14.3. The van der Waals surface area contributed by atoms with E-state index in [1.54, 1.807) is 17.2 Å². The van der Waals surface area contributed by atoms with E-state index in [1.807, 2.05) is 31.2 Å². The number of carbonyl (C=O) groups is 2. The number of nitrogens with one attached hydrogen (secondary N) is 1. The zero-order valence-electron chi connectivity index (χ0n) is 12.7. The first-order chi connectivity index (χ1) is 11.0. The van der Waals surface area contributed by atoms with Crippen LogP contribution in [0.4, 0.5) is 5.69 Å². The number of hydrogen-bond acceptors (Lipinski definition) is 3. The number of anilines is 1. The highest BCUT2D eigenvalue weighted by atomic mass is 79.9. The minimum atomic E-state index is -0.342. The van der Waals surface area contributed by atoms with Gasteiger partial charge in [-0.1, -0.05) is 6.07 Å². The molecule has 0 saturated carbocycles. The van der Waals surface area contributed by atoms with Crippen molar-refractivity contribution in [3.05, 3.63) is 52.4 Å². The van der Waals surface area contributed by atoms with E-state index in [2.05, 4.69) is 21.2 Å². The van der Waals surface area contributed by atoms with E-state index in [0.29, 0.717) is 13.1 Å². The van der Waals surface area contributed by atoms with Gasteiger partial charge in [-0.15, -0.1) is 0 Å². The number of rotatable bonds is 4. The van der Waals surface area contributed by atoms with Gasteiger partial charge in [0.15, 0.2) is 0 Å². The molecule has 0 aliphatic carbocycles. The summed E-state index contributed by atoms with van der Waals surface area (Å²) in [6, 6.07) is 9.34. The molecule has 1 N–H and O–H groups in total. The first kappa shape index (κ1) is 15.8. The highest BCUT2D eigenvalue weighted by Gasteiger charge is 2.34. The Labute approximate surface area is 142 Å². The van der Waals surface area contributed by atoms with Gasteiger partial charge in [0.2, 0.25) is 11.8 Å². The highest BCUT2D eigenvalue weighted by molar-refractivity contribution is 9.10. The highest BCUT2D eigenvalue weighted by Crippen LogP contribution is 2.26. The van der Waals surface area contributed by atoms with Gasteiger partial charge in [0.05, 0.1) is 24.4 Å². The number of carbonyl (C=O) groups excluding carboxylic acids is 2. The molecule has 0 radical (unpaired) electrons. The molecule has 5 nitrogen and oxygen atoms in total. The molecule has 120 valence electrons. The predicted octanol–water partition coefficient (Wildman–Crippen LogP) is 3.34. The maximum atomic E-state index is 12.4. The normalized spacial score (nSPS) is 17.6. The molecule has 1 fully saturated rings. The molecular weight excluding hydrogens is 360 g/mol. The summed E-state index contributed by atoms with van der Waals surface area (Å²) in [6.07, 6.45) is 1.81. The number of halogens is 1. The van der Waals surface area contributed by atoms with E-state index in [4.69, 9.17) is 4.42 Å². The van der Waals surface area contributed by atoms with Crippen LogP contribution in [-0.4, -0.2) is 23.3 Å². The maximum absolute atomic E-state index is 12.4. The van der Waals surface area contributed by atoms with Crippen molar-refractivity contribution in [1.82, 2.24) is 4.90 Å². The summed E-state index contributed by atoms with van der Waals surface area (Å²) < 4.78 is 6.10. The fourth-order valence-corrected chi connectivity index (χ4v) is 3.24. The largest absolute Gasteiger partial charge is 0.467 e. The van der Waals surface area contributed by atoms with Crippen molar-refractivity contribution >= 4 is 33.4 Å². The minimum absolute atomic E-state index is 0.0236. The molecule has 2 heterocycles. The Hall–Kier alpha value is -2.08. The van der Waals surface area contributed by atoms with Crippen LogP contribution >= 0.6 is 15.9 Å². The lowest BCUT2D eigenvalue weighted by molar-refractivity contribution is -0.128. The molecule has 1 atom stereocenters. The number of aryl methyl sites for hydroxylation is 1. The van der Waals surface area contributed by atoms with E-state index in [-0.39, 0.29) is 24.2 Å². The van der Waals surface area contributed by atoms with Gasteiger partial charge in [0.1, 0.15) is 5.76 Å². The molecule has 1 unspecified atom stereocenters. The summed E-state index contributed by atoms with van der Waals surface area (Å²) >= 11 is 3.44. The van der Waals surface area contributed by atoms with Crippen LogP contribution in [0.3, 0.4) is 0 Å². The van der Waals surface area contributed by atoms with Crippen molar-refractivity contribution in [3.63, 3.8) is 0 Å². The van der Waals surface area contributed by atoms with Crippen LogP contribution in [0.2, 0.25) is 0 Å². The summed E-state index contributed by atoms with van der Waals surface area (Å²) in [5.74, 6) is 0.223. The van der Waals surface area contributed by atoms with Gasteiger partial charge in [-0.25, -0.2) is 0 Å². The molecule has 1 aliphatic heterocycles. The molecule has 1 aliphatic rings. The van der Waals surface area contributed by atoms with Gasteiger partial charge < -0.3 is 14.6 Å². The van der Waals surface area contributed by atoms with Gasteiger partial charge in [0.25, 0.3) is 0 Å². The molecule has 1 aromatic carbocycles. The topological polar surface area (TPSA) is 62.6 Å². The lowest BCUT2D eigenvalue weighted by Gasteiger charge is -2.15. The lowest BCUT2D eigenvalue weighted by Crippen LogP contribution is -2.28. The van der Waals surface area contributed by atoms with E-state index < -0.39 is 0 Å². The second kappa shape index (κ2) is 6.58. The van der Waals surface area contributed by atoms with Crippen LogP contribution in [-0.2, 0) is 16.1 Å². The fraction of sp³-hybridized carbons (Fsp3) is 0.294. The van der Waals surface area contributed by atoms with Gasteiger partial charge >= 0.3 is 0 Å². The Morgan fingerprint density at radius 2 is 2.26 bits per heavy atom. The summed E-state index contributed by atoms with van der Waals surface area (Å²) in [5.41, 5.74) is 1.83. The SMILES string of the molecule is Cc1ccc(NC(=O)C2CC(=O)N(Cc3ccco3)C2)c(Br)c1. The van der Waals surface area contributed by atoms with E-state index in [1.165, 1.54) is 0 Å². The number of amides is 2. The molecular formula is C17H17BrN2O3. The number of hydrogen-bond donors (Lipinski definition) is 1. The predicted molar refractivity (Wildman–Crippen MR) is 89.7 cm³/mol. The summed E-state index contributed by atoms with van der Waals surface area (Å²) in [5, 5.41) is 2.89. The Balaban J connectivity index is 1.63. The van der Waals surface area contributed by atoms with Crippen LogP contribution in [0.25, 0.3) is 0 Å². The van der Waals surface area contributed by atoms with E-state index in [9.17, 15) is 9.59 Å². The Bertz CT molecular complexity index is 727. The molecule has 2 amide bonds. The monoisotopic (exact) mass is 376 g/mol. The second-order valence-corrected chi connectivity index (χ2v) is 6.58. The second-order valence-electron chi connectivity index (χ2n) is 5.73. The molecule has 1 saturated heterocycles. The quantitative estimate of drug-likeness (QED) is 0.889. The number of nitrogens with zero attached hydrogens (tertiary/aromatic N) is 1. The van der Waals surface area contributed by atoms with Crippen LogP contribution in [0.15, 0.2) is 45.5 Å². The third kappa shape index (κ3) is 3.64. The van der Waals surface area contributed by atoms with E-state index >= 15 is 0 Å². The summed E-state index contributed by atoms with van der Waals surface area (Å²) in [7, 11) is 0. The number of likely N-dealkylation sites (tertiary alicyclic amines) is 1. The van der Waals surface area contributed by atoms with Crippen molar-refractivity contribution in [2.75, 3.05) is 11.9 Å². The third-order valence-corrected chi connectivity index (χ3v) is 4.55. The molecule has 23 heavy (non-hydrogen) atoms. The summed E-state index contributed by atoms with van der Waals surface area (Å²) in [6.45, 7) is 2.80. The van der Waals surface area contributed by atoms with Gasteiger partial charge in [-0.05, 0) is 52.7 Å².